The minimum Gasteiger partial charge on any atom is -0.349 e. The predicted octanol–water partition coefficient (Wildman–Crippen LogP) is -0.310. The van der Waals surface area contributed by atoms with Crippen molar-refractivity contribution >= 4 is 11.7 Å². The monoisotopic (exact) mass is 260 g/mol. The van der Waals surface area contributed by atoms with E-state index in [4.69, 9.17) is 0 Å². The summed E-state index contributed by atoms with van der Waals surface area (Å²) < 4.78 is 1.59. The molecule has 0 spiro atoms. The predicted molar refractivity (Wildman–Crippen MR) is 68.9 cm³/mol. The van der Waals surface area contributed by atoms with Gasteiger partial charge in [-0.2, -0.15) is 4.98 Å². The Bertz CT molecular complexity index is 630. The van der Waals surface area contributed by atoms with Crippen LogP contribution in [0.5, 0.6) is 0 Å². The summed E-state index contributed by atoms with van der Waals surface area (Å²) in [5, 5.41) is 10.2. The molecular weight excluding hydrogens is 244 g/mol. The number of amides is 1. The summed E-state index contributed by atoms with van der Waals surface area (Å²) in [6, 6.07) is 1.91. The van der Waals surface area contributed by atoms with Gasteiger partial charge in [0.2, 0.25) is 5.82 Å². The van der Waals surface area contributed by atoms with Crippen molar-refractivity contribution < 1.29 is 4.79 Å². The maximum absolute atomic E-state index is 12.0. The van der Waals surface area contributed by atoms with Gasteiger partial charge in [-0.05, 0) is 19.9 Å². The Hall–Kier alpha value is -2.02. The van der Waals surface area contributed by atoms with E-state index in [2.05, 4.69) is 25.7 Å². The Kier molecular flexibility index (Phi) is 2.90. The average Bonchev–Trinajstić information content (AvgIpc) is 2.70. The lowest BCUT2D eigenvalue weighted by atomic mass is 10.0. The molecule has 19 heavy (non-hydrogen) atoms. The highest BCUT2D eigenvalue weighted by Crippen LogP contribution is 2.06. The van der Waals surface area contributed by atoms with Crippen LogP contribution in [0.25, 0.3) is 5.78 Å². The van der Waals surface area contributed by atoms with Gasteiger partial charge in [0, 0.05) is 36.9 Å². The zero-order chi connectivity index (χ0) is 13.4. The van der Waals surface area contributed by atoms with Crippen molar-refractivity contribution in [1.29, 1.82) is 0 Å². The Labute approximate surface area is 110 Å². The van der Waals surface area contributed by atoms with Crippen LogP contribution in [0.3, 0.4) is 0 Å². The number of nitrogens with one attached hydrogen (secondary N) is 2. The Balaban J connectivity index is 1.80. The van der Waals surface area contributed by atoms with Gasteiger partial charge in [0.15, 0.2) is 0 Å². The normalized spacial score (nSPS) is 15.5. The second-order valence-corrected chi connectivity index (χ2v) is 4.92. The van der Waals surface area contributed by atoms with E-state index in [1.165, 1.54) is 0 Å². The SMILES string of the molecule is Cc1cc(C)n2nc(C(=O)NCC3CNC3)nc2n1. The lowest BCUT2D eigenvalue weighted by Gasteiger charge is -2.26. The molecule has 0 aromatic carbocycles. The van der Waals surface area contributed by atoms with Crippen LogP contribution in [0.1, 0.15) is 22.0 Å². The summed E-state index contributed by atoms with van der Waals surface area (Å²) >= 11 is 0. The van der Waals surface area contributed by atoms with E-state index in [1.54, 1.807) is 4.52 Å². The fourth-order valence-corrected chi connectivity index (χ4v) is 2.07. The fourth-order valence-electron chi connectivity index (χ4n) is 2.07. The van der Waals surface area contributed by atoms with E-state index in [9.17, 15) is 4.79 Å². The highest BCUT2D eigenvalue weighted by molar-refractivity contribution is 5.90. The maximum Gasteiger partial charge on any atom is 0.291 e. The third-order valence-electron chi connectivity index (χ3n) is 3.24. The molecule has 0 unspecified atom stereocenters. The number of carbonyl (C=O) groups is 1. The van der Waals surface area contributed by atoms with E-state index < -0.39 is 0 Å². The van der Waals surface area contributed by atoms with Crippen LogP contribution in [-0.4, -0.2) is 45.1 Å². The van der Waals surface area contributed by atoms with Crippen LogP contribution in [0.4, 0.5) is 0 Å². The maximum atomic E-state index is 12.0. The number of nitrogens with zero attached hydrogens (tertiary/aromatic N) is 4. The van der Waals surface area contributed by atoms with E-state index in [0.29, 0.717) is 18.2 Å². The summed E-state index contributed by atoms with van der Waals surface area (Å²) in [6.07, 6.45) is 0. The van der Waals surface area contributed by atoms with Gasteiger partial charge in [-0.1, -0.05) is 0 Å². The molecule has 7 nitrogen and oxygen atoms in total. The van der Waals surface area contributed by atoms with Crippen LogP contribution >= 0.6 is 0 Å². The molecule has 1 fully saturated rings. The molecule has 100 valence electrons. The number of hydrogen-bond acceptors (Lipinski definition) is 5. The molecule has 0 saturated carbocycles. The Morgan fingerprint density at radius 1 is 1.47 bits per heavy atom. The van der Waals surface area contributed by atoms with Crippen molar-refractivity contribution in [1.82, 2.24) is 30.2 Å². The number of carbonyl (C=O) groups excluding carboxylic acids is 1. The first-order chi connectivity index (χ1) is 9.13. The number of aryl methyl sites for hydroxylation is 2. The highest BCUT2D eigenvalue weighted by Gasteiger charge is 2.20. The lowest BCUT2D eigenvalue weighted by Crippen LogP contribution is -2.48. The van der Waals surface area contributed by atoms with Crippen LogP contribution < -0.4 is 10.6 Å². The minimum absolute atomic E-state index is 0.175. The first-order valence-electron chi connectivity index (χ1n) is 6.33. The molecule has 0 radical (unpaired) electrons. The molecule has 7 heteroatoms. The van der Waals surface area contributed by atoms with Gasteiger partial charge < -0.3 is 10.6 Å². The Morgan fingerprint density at radius 2 is 2.26 bits per heavy atom. The van der Waals surface area contributed by atoms with Crippen molar-refractivity contribution in [3.8, 4) is 0 Å². The second kappa shape index (κ2) is 4.58. The summed E-state index contributed by atoms with van der Waals surface area (Å²) in [4.78, 5) is 20.4. The van der Waals surface area contributed by atoms with Crippen LogP contribution in [0.15, 0.2) is 6.07 Å². The smallest absolute Gasteiger partial charge is 0.291 e. The summed E-state index contributed by atoms with van der Waals surface area (Å²) in [6.45, 7) is 6.38. The second-order valence-electron chi connectivity index (χ2n) is 4.92. The van der Waals surface area contributed by atoms with Crippen molar-refractivity contribution in [2.24, 2.45) is 5.92 Å². The molecule has 2 N–H and O–H groups in total. The lowest BCUT2D eigenvalue weighted by molar-refractivity contribution is 0.0932. The van der Waals surface area contributed by atoms with Crippen LogP contribution in [-0.2, 0) is 0 Å². The third kappa shape index (κ3) is 2.28. The first kappa shape index (κ1) is 12.0. The molecule has 0 aliphatic carbocycles. The molecule has 1 amide bonds. The van der Waals surface area contributed by atoms with E-state index in [-0.39, 0.29) is 11.7 Å². The minimum atomic E-state index is -0.241. The molecule has 0 bridgehead atoms. The number of rotatable bonds is 3. The fraction of sp³-hybridized carbons (Fsp3) is 0.500. The standard InChI is InChI=1S/C12H16N6O/c1-7-3-8(2)18-12(15-7)16-10(17-18)11(19)14-6-9-4-13-5-9/h3,9,13H,4-6H2,1-2H3,(H,14,19). The van der Waals surface area contributed by atoms with Gasteiger partial charge >= 0.3 is 0 Å². The number of fused-ring (bicyclic) bond motifs is 1. The average molecular weight is 260 g/mol. The molecule has 3 rings (SSSR count). The molecule has 2 aromatic rings. The number of aromatic nitrogens is 4. The van der Waals surface area contributed by atoms with E-state index >= 15 is 0 Å². The summed E-state index contributed by atoms with van der Waals surface area (Å²) in [5.41, 5.74) is 1.78. The molecule has 2 aromatic heterocycles. The van der Waals surface area contributed by atoms with Gasteiger partial charge in [0.25, 0.3) is 11.7 Å². The third-order valence-corrected chi connectivity index (χ3v) is 3.24. The van der Waals surface area contributed by atoms with Gasteiger partial charge in [-0.3, -0.25) is 4.79 Å². The molecule has 1 aliphatic heterocycles. The van der Waals surface area contributed by atoms with Gasteiger partial charge in [-0.25, -0.2) is 9.50 Å². The summed E-state index contributed by atoms with van der Waals surface area (Å²) in [7, 11) is 0. The highest BCUT2D eigenvalue weighted by atomic mass is 16.2. The number of hydrogen-bond donors (Lipinski definition) is 2. The zero-order valence-corrected chi connectivity index (χ0v) is 11.0. The molecule has 1 aliphatic rings. The van der Waals surface area contributed by atoms with Crippen molar-refractivity contribution in [2.75, 3.05) is 19.6 Å². The zero-order valence-electron chi connectivity index (χ0n) is 11.0. The van der Waals surface area contributed by atoms with E-state index in [0.717, 1.165) is 24.5 Å². The van der Waals surface area contributed by atoms with Crippen molar-refractivity contribution in [2.45, 2.75) is 13.8 Å². The van der Waals surface area contributed by atoms with Gasteiger partial charge in [-0.15, -0.1) is 5.10 Å². The molecular formula is C12H16N6O. The topological polar surface area (TPSA) is 84.2 Å². The van der Waals surface area contributed by atoms with Gasteiger partial charge in [0.05, 0.1) is 0 Å². The van der Waals surface area contributed by atoms with Gasteiger partial charge in [0.1, 0.15) is 0 Å². The van der Waals surface area contributed by atoms with Crippen LogP contribution in [0.2, 0.25) is 0 Å². The molecule has 0 atom stereocenters. The van der Waals surface area contributed by atoms with Crippen molar-refractivity contribution in [3.63, 3.8) is 0 Å². The van der Waals surface area contributed by atoms with Crippen molar-refractivity contribution in [3.05, 3.63) is 23.3 Å². The van der Waals surface area contributed by atoms with E-state index in [1.807, 2.05) is 19.9 Å². The van der Waals surface area contributed by atoms with Crippen LogP contribution in [0, 0.1) is 19.8 Å². The molecule has 3 heterocycles. The largest absolute Gasteiger partial charge is 0.349 e. The first-order valence-corrected chi connectivity index (χ1v) is 6.33. The quantitative estimate of drug-likeness (QED) is 0.791. The Morgan fingerprint density at radius 3 is 2.95 bits per heavy atom. The summed E-state index contributed by atoms with van der Waals surface area (Å²) in [5.74, 6) is 0.916. The molecule has 1 saturated heterocycles.